The molecule has 8 atom stereocenters. The van der Waals surface area contributed by atoms with Crippen molar-refractivity contribution < 1.29 is 43.6 Å². The number of aliphatic hydroxyl groups is 1. The molecule has 1 aliphatic heterocycles. The molecule has 0 unspecified atom stereocenters. The molecule has 57 heavy (non-hydrogen) atoms. The average Bonchev–Trinajstić information content (AvgIpc) is 3.82. The van der Waals surface area contributed by atoms with Crippen molar-refractivity contribution in [1.82, 2.24) is 25.5 Å². The number of amides is 3. The van der Waals surface area contributed by atoms with Gasteiger partial charge in [0, 0.05) is 41.3 Å². The number of ether oxygens (including phenoxy) is 3. The Kier molecular flexibility index (Phi) is 11.1. The Morgan fingerprint density at radius 2 is 1.82 bits per heavy atom. The van der Waals surface area contributed by atoms with Crippen molar-refractivity contribution in [2.24, 2.45) is 23.2 Å². The molecule has 3 aliphatic carbocycles. The second kappa shape index (κ2) is 15.8. The molecule has 0 radical (unpaired) electrons. The van der Waals surface area contributed by atoms with Gasteiger partial charge in [0.2, 0.25) is 11.8 Å². The second-order valence-corrected chi connectivity index (χ2v) is 17.9. The maximum absolute atomic E-state index is 14.7. The van der Waals surface area contributed by atoms with E-state index in [1.165, 1.54) is 28.7 Å². The van der Waals surface area contributed by atoms with Gasteiger partial charge in [-0.25, -0.2) is 19.6 Å². The van der Waals surface area contributed by atoms with E-state index in [4.69, 9.17) is 24.2 Å². The number of alkyl carbamates (subject to hydrolysis) is 1. The number of carbonyl (C=O) groups is 4. The van der Waals surface area contributed by atoms with Crippen LogP contribution in [0.4, 0.5) is 9.93 Å². The van der Waals surface area contributed by atoms with Crippen molar-refractivity contribution in [2.45, 2.75) is 103 Å². The molecule has 3 amide bonds. The molecule has 15 nitrogen and oxygen atoms in total. The van der Waals surface area contributed by atoms with Crippen LogP contribution in [0.1, 0.15) is 66.7 Å². The van der Waals surface area contributed by atoms with Gasteiger partial charge in [-0.2, -0.15) is 0 Å². The van der Waals surface area contributed by atoms with E-state index in [1.807, 2.05) is 40.0 Å². The number of aliphatic hydroxyl groups excluding tert-OH is 1. The minimum Gasteiger partial charge on any atom is -0.491 e. The Bertz CT molecular complexity index is 2040. The number of likely N-dealkylation sites (tertiary alicyclic amines) is 1. The number of rotatable bonds is 15. The minimum absolute atomic E-state index is 0.0346. The fourth-order valence-corrected chi connectivity index (χ4v) is 8.96. The van der Waals surface area contributed by atoms with E-state index in [0.29, 0.717) is 45.6 Å². The topological polar surface area (TPSA) is 202 Å². The molecular formula is C41H52N6O9S. The molecule has 3 saturated carbocycles. The number of carbonyl (C=O) groups excluding carboxylic acids is 3. The van der Waals surface area contributed by atoms with Gasteiger partial charge in [-0.15, -0.1) is 17.9 Å². The van der Waals surface area contributed by atoms with Gasteiger partial charge in [-0.05, 0) is 68.9 Å². The zero-order valence-corrected chi connectivity index (χ0v) is 33.8. The molecule has 16 heteroatoms. The Morgan fingerprint density at radius 1 is 1.07 bits per heavy atom. The Morgan fingerprint density at radius 3 is 2.47 bits per heavy atom. The van der Waals surface area contributed by atoms with Crippen LogP contribution in [0, 0.1) is 23.2 Å². The number of fused-ring (bicyclic) bond motifs is 2. The van der Waals surface area contributed by atoms with E-state index in [-0.39, 0.29) is 44.7 Å². The number of thiazole rings is 1. The number of hydrogen-bond acceptors (Lipinski definition) is 12. The third-order valence-electron chi connectivity index (χ3n) is 11.3. The number of nitrogens with zero attached hydrogens (tertiary/aromatic N) is 3. The summed E-state index contributed by atoms with van der Waals surface area (Å²) in [4.78, 5) is 65.5. The summed E-state index contributed by atoms with van der Waals surface area (Å²) in [5, 5.41) is 31.5. The first-order chi connectivity index (χ1) is 27.1. The summed E-state index contributed by atoms with van der Waals surface area (Å²) in [5.41, 5.74) is -0.649. The first kappa shape index (κ1) is 40.2. The van der Waals surface area contributed by atoms with Gasteiger partial charge in [0.05, 0.1) is 24.4 Å². The van der Waals surface area contributed by atoms with Crippen LogP contribution in [0.5, 0.6) is 11.5 Å². The molecule has 2 aromatic heterocycles. The highest BCUT2D eigenvalue weighted by Crippen LogP contribution is 2.52. The second-order valence-electron chi connectivity index (χ2n) is 17.1. The fourth-order valence-electron chi connectivity index (χ4n) is 8.11. The zero-order chi connectivity index (χ0) is 40.8. The summed E-state index contributed by atoms with van der Waals surface area (Å²) in [7, 11) is 0. The van der Waals surface area contributed by atoms with Crippen molar-refractivity contribution in [3.05, 3.63) is 42.3 Å². The predicted molar refractivity (Wildman–Crippen MR) is 213 cm³/mol. The van der Waals surface area contributed by atoms with Crippen LogP contribution in [0.3, 0.4) is 0 Å². The van der Waals surface area contributed by atoms with E-state index in [0.717, 1.165) is 18.0 Å². The van der Waals surface area contributed by atoms with Crippen LogP contribution in [0.25, 0.3) is 22.3 Å². The number of nitrogens with one attached hydrogen (secondary N) is 3. The van der Waals surface area contributed by atoms with Crippen molar-refractivity contribution in [2.75, 3.05) is 25.1 Å². The van der Waals surface area contributed by atoms with E-state index >= 15 is 0 Å². The number of aromatic nitrogens is 2. The molecule has 3 heterocycles. The molecule has 5 N–H and O–H groups in total. The highest BCUT2D eigenvalue weighted by molar-refractivity contribution is 7.14. The monoisotopic (exact) mass is 804 g/mol. The van der Waals surface area contributed by atoms with E-state index in [1.54, 1.807) is 24.3 Å². The summed E-state index contributed by atoms with van der Waals surface area (Å²) in [5.74, 6) is -0.685. The lowest BCUT2D eigenvalue weighted by molar-refractivity contribution is -0.146. The molecule has 0 spiro atoms. The quantitative estimate of drug-likeness (QED) is 0.129. The summed E-state index contributed by atoms with van der Waals surface area (Å²) in [6.07, 6.45) is 2.91. The van der Waals surface area contributed by atoms with Crippen LogP contribution in [-0.2, 0) is 19.1 Å². The number of aliphatic carboxylic acids is 1. The first-order valence-electron chi connectivity index (χ1n) is 19.6. The van der Waals surface area contributed by atoms with E-state index in [2.05, 4.69) is 22.5 Å². The number of carboxylic acids is 1. The van der Waals surface area contributed by atoms with Gasteiger partial charge >= 0.3 is 12.1 Å². The molecule has 4 fully saturated rings. The van der Waals surface area contributed by atoms with Gasteiger partial charge in [0.25, 0.3) is 0 Å². The Hall–Kier alpha value is -4.96. The molecule has 306 valence electrons. The maximum atomic E-state index is 14.7. The first-order valence-corrected chi connectivity index (χ1v) is 20.5. The normalized spacial score (nSPS) is 26.7. The van der Waals surface area contributed by atoms with Gasteiger partial charge in [0.1, 0.15) is 53.6 Å². The molecule has 3 aromatic rings. The third kappa shape index (κ3) is 8.66. The maximum Gasteiger partial charge on any atom is 0.408 e. The van der Waals surface area contributed by atoms with Crippen LogP contribution >= 0.6 is 11.3 Å². The smallest absolute Gasteiger partial charge is 0.408 e. The number of pyridine rings is 1. The van der Waals surface area contributed by atoms with Crippen LogP contribution in [0.15, 0.2) is 42.3 Å². The van der Waals surface area contributed by atoms with Gasteiger partial charge < -0.3 is 45.3 Å². The lowest BCUT2D eigenvalue weighted by atomic mass is 9.85. The number of hydrogen-bond donors (Lipinski definition) is 5. The Balaban J connectivity index is 1.19. The molecule has 7 rings (SSSR count). The predicted octanol–water partition coefficient (Wildman–Crippen LogP) is 4.98. The average molecular weight is 805 g/mol. The lowest BCUT2D eigenvalue weighted by Crippen LogP contribution is -2.59. The minimum atomic E-state index is -1.53. The van der Waals surface area contributed by atoms with Crippen LogP contribution in [-0.4, -0.2) is 105 Å². The van der Waals surface area contributed by atoms with Crippen molar-refractivity contribution in [3.8, 4) is 22.9 Å². The highest BCUT2D eigenvalue weighted by atomic mass is 32.1. The lowest BCUT2D eigenvalue weighted by Gasteiger charge is -2.35. The van der Waals surface area contributed by atoms with E-state index in [9.17, 15) is 29.4 Å². The van der Waals surface area contributed by atoms with Crippen LogP contribution < -0.4 is 25.4 Å². The fraction of sp³-hybridized carbons (Fsp3) is 0.561. The number of benzene rings is 1. The molecule has 1 aromatic carbocycles. The zero-order valence-electron chi connectivity index (χ0n) is 32.9. The molecule has 4 aliphatic rings. The molecular weight excluding hydrogens is 753 g/mol. The van der Waals surface area contributed by atoms with Crippen molar-refractivity contribution in [3.63, 3.8) is 0 Å². The summed E-state index contributed by atoms with van der Waals surface area (Å²) < 4.78 is 18.1. The summed E-state index contributed by atoms with van der Waals surface area (Å²) >= 11 is 1.44. The summed E-state index contributed by atoms with van der Waals surface area (Å²) in [6, 6.07) is 5.02. The van der Waals surface area contributed by atoms with E-state index < -0.39 is 58.9 Å². The van der Waals surface area contributed by atoms with Crippen LogP contribution in [0.2, 0.25) is 0 Å². The van der Waals surface area contributed by atoms with Gasteiger partial charge in [-0.3, -0.25) is 9.59 Å². The highest BCUT2D eigenvalue weighted by Gasteiger charge is 2.61. The molecule has 1 saturated heterocycles. The number of anilines is 1. The summed E-state index contributed by atoms with van der Waals surface area (Å²) in [6.45, 7) is 13.1. The van der Waals surface area contributed by atoms with Gasteiger partial charge in [-0.1, -0.05) is 26.8 Å². The standard InChI is InChI=1S/C41H52N6O9S/c1-7-24-18-41(24,37(51)52)46-35(49)32-16-27(19-47(32)36(50)34(40(4,5)6)45-39(53)56-26-13-22-12-23(22)14-26)55-33-17-30(31-20-57-38(44-31)42-21(2)3)43-29-15-25(54-11-10-48)8-9-28(29)33/h7-9,15,17,20-24,26-27,32,34,48H,1,10-14,16,18-19H2,2-6H3,(H,42,44)(H,45,53)(H,46,49)(H,51,52)/t22-,23+,24-,26+,27-,32+,34-,41-/m1/s1. The Labute approximate surface area is 335 Å². The van der Waals surface area contributed by atoms with Crippen molar-refractivity contribution in [1.29, 1.82) is 0 Å². The molecule has 0 bridgehead atoms. The number of carboxylic acid groups (broad SMARTS) is 1. The van der Waals surface area contributed by atoms with Crippen molar-refractivity contribution >= 4 is 51.2 Å². The SMILES string of the molecule is C=C[C@@H]1C[C@]1(NC(=O)[C@@H]1C[C@@H](Oc2cc(-c3csc(NC(C)C)n3)nc3cc(OCCO)ccc23)CN1C(=O)[C@@H](NC(=O)O[C@@H]1C[C@@H]2C[C@@H]2C1)C(C)(C)C)C(=O)O. The third-order valence-corrected chi connectivity index (χ3v) is 12.1. The largest absolute Gasteiger partial charge is 0.491 e. The van der Waals surface area contributed by atoms with Gasteiger partial charge in [0.15, 0.2) is 5.13 Å².